The maximum atomic E-state index is 15.6. The lowest BCUT2D eigenvalue weighted by atomic mass is 9.95. The molecule has 1 saturated heterocycles. The van der Waals surface area contributed by atoms with Crippen molar-refractivity contribution < 1.29 is 42.8 Å². The van der Waals surface area contributed by atoms with E-state index in [1.165, 1.54) is 9.58 Å². The summed E-state index contributed by atoms with van der Waals surface area (Å²) in [7, 11) is 0. The fraction of sp³-hybridized carbons (Fsp3) is 0.431. The average molecular weight is 903 g/mol. The highest BCUT2D eigenvalue weighted by molar-refractivity contribution is 5.87. The van der Waals surface area contributed by atoms with Crippen molar-refractivity contribution in [1.82, 2.24) is 30.5 Å². The summed E-state index contributed by atoms with van der Waals surface area (Å²) < 4.78 is 41.4. The first-order chi connectivity index (χ1) is 32.2. The highest BCUT2D eigenvalue weighted by Crippen LogP contribution is 2.34. The van der Waals surface area contributed by atoms with Gasteiger partial charge in [0, 0.05) is 6.54 Å². The third kappa shape index (κ3) is 13.1. The first kappa shape index (κ1) is 48.0. The van der Waals surface area contributed by atoms with Crippen molar-refractivity contribution >= 4 is 17.9 Å². The van der Waals surface area contributed by atoms with Crippen LogP contribution in [0.2, 0.25) is 0 Å². The lowest BCUT2D eigenvalue weighted by molar-refractivity contribution is -0.296. The zero-order valence-electron chi connectivity index (χ0n) is 38.1. The summed E-state index contributed by atoms with van der Waals surface area (Å²) in [5, 5.41) is 14.5. The number of aromatic nitrogens is 3. The van der Waals surface area contributed by atoms with Gasteiger partial charge in [0.05, 0.1) is 45.3 Å². The fourth-order valence-corrected chi connectivity index (χ4v) is 8.14. The Bertz CT molecular complexity index is 2250. The molecule has 66 heavy (non-hydrogen) atoms. The summed E-state index contributed by atoms with van der Waals surface area (Å²) >= 11 is 0. The van der Waals surface area contributed by atoms with Gasteiger partial charge < -0.3 is 44.0 Å². The normalized spacial score (nSPS) is 23.6. The first-order valence-corrected chi connectivity index (χ1v) is 22.8. The minimum absolute atomic E-state index is 0.0260. The van der Waals surface area contributed by atoms with Crippen molar-refractivity contribution in [2.24, 2.45) is 11.8 Å². The summed E-state index contributed by atoms with van der Waals surface area (Å²) in [6.07, 6.45) is -3.06. The molecule has 1 aromatic heterocycles. The van der Waals surface area contributed by atoms with Crippen LogP contribution in [0.1, 0.15) is 68.1 Å². The Labute approximate surface area is 387 Å². The number of alkyl carbamates (subject to hydrolysis) is 1. The molecule has 5 aromatic rings. The van der Waals surface area contributed by atoms with Gasteiger partial charge in [-0.2, -0.15) is 0 Å². The topological polar surface area (TPSA) is 165 Å². The SMILES string of the molecule is CC[C@H](C)[C@H]1CNC(=O)CN([C@@H]2O[C@H](COCc3ccccc3)[C@@H](OCc3ccccc3)[C@H](OCc3ccccc3)[C@H]2OCc2ccccc2)C(=O)[C@H](C(C)C)n2cc(nn2)COC(=O)N1. The molecular weight excluding hydrogens is 841 g/mol. The Morgan fingerprint density at radius 3 is 1.79 bits per heavy atom. The number of fused-ring (bicyclic) bond motifs is 2. The molecule has 2 aliphatic rings. The molecule has 3 amide bonds. The summed E-state index contributed by atoms with van der Waals surface area (Å²) in [6, 6.07) is 37.7. The number of amides is 3. The number of carbonyl (C=O) groups excluding carboxylic acids is 3. The van der Waals surface area contributed by atoms with Crippen LogP contribution in [0.15, 0.2) is 128 Å². The largest absolute Gasteiger partial charge is 0.443 e. The van der Waals surface area contributed by atoms with E-state index in [4.69, 9.17) is 28.4 Å². The second-order valence-corrected chi connectivity index (χ2v) is 17.2. The van der Waals surface area contributed by atoms with E-state index in [1.807, 2.05) is 149 Å². The maximum absolute atomic E-state index is 15.6. The number of benzene rings is 4. The molecule has 0 unspecified atom stereocenters. The van der Waals surface area contributed by atoms with Gasteiger partial charge in [-0.1, -0.05) is 161 Å². The second-order valence-electron chi connectivity index (χ2n) is 17.2. The zero-order chi connectivity index (χ0) is 46.3. The van der Waals surface area contributed by atoms with Crippen LogP contribution in [-0.4, -0.2) is 94.2 Å². The van der Waals surface area contributed by atoms with Gasteiger partial charge in [0.1, 0.15) is 49.3 Å². The van der Waals surface area contributed by atoms with Crippen LogP contribution in [0.3, 0.4) is 0 Å². The Kier molecular flexibility index (Phi) is 17.4. The molecule has 4 aromatic carbocycles. The van der Waals surface area contributed by atoms with Gasteiger partial charge in [0.15, 0.2) is 6.23 Å². The molecule has 2 bridgehead atoms. The summed E-state index contributed by atoms with van der Waals surface area (Å²) in [4.78, 5) is 44.4. The van der Waals surface area contributed by atoms with Crippen LogP contribution >= 0.6 is 0 Å². The van der Waals surface area contributed by atoms with Crippen molar-refractivity contribution in [3.63, 3.8) is 0 Å². The van der Waals surface area contributed by atoms with E-state index in [9.17, 15) is 9.59 Å². The van der Waals surface area contributed by atoms with Crippen LogP contribution in [-0.2, 0) is 71.0 Å². The van der Waals surface area contributed by atoms with E-state index in [2.05, 4.69) is 20.9 Å². The van der Waals surface area contributed by atoms with E-state index in [0.717, 1.165) is 28.7 Å². The second kappa shape index (κ2) is 24.0. The van der Waals surface area contributed by atoms with Crippen LogP contribution < -0.4 is 10.6 Å². The monoisotopic (exact) mass is 902 g/mol. The van der Waals surface area contributed by atoms with E-state index in [-0.39, 0.29) is 58.0 Å². The highest BCUT2D eigenvalue weighted by atomic mass is 16.6. The molecule has 1 fully saturated rings. The van der Waals surface area contributed by atoms with Crippen molar-refractivity contribution in [1.29, 1.82) is 0 Å². The Morgan fingerprint density at radius 1 is 0.712 bits per heavy atom. The van der Waals surface area contributed by atoms with E-state index >= 15 is 4.79 Å². The molecule has 350 valence electrons. The molecule has 0 spiro atoms. The molecule has 8 atom stereocenters. The number of nitrogens with zero attached hydrogens (tertiary/aromatic N) is 4. The molecule has 7 rings (SSSR count). The molecule has 2 aliphatic heterocycles. The minimum Gasteiger partial charge on any atom is -0.443 e. The van der Waals surface area contributed by atoms with Gasteiger partial charge in [-0.3, -0.25) is 9.59 Å². The number of nitrogens with one attached hydrogen (secondary N) is 2. The number of carbonyl (C=O) groups is 3. The summed E-state index contributed by atoms with van der Waals surface area (Å²) in [6.45, 7) is 8.10. The van der Waals surface area contributed by atoms with Crippen molar-refractivity contribution in [2.75, 3.05) is 19.7 Å². The third-order valence-corrected chi connectivity index (χ3v) is 12.0. The standard InChI is InChI=1S/C51H62N6O9/c1-5-36(4)42-26-52-44(58)28-56(49(59)45(35(2)3)57-27-41(54-55-57)33-65-51(60)53-42)50-48(64-32-40-24-16-9-17-25-40)47(63-31-39-22-14-8-15-23-39)46(62-30-38-20-12-7-13-21-38)43(66-50)34-61-29-37-18-10-6-11-19-37/h6-25,27,35-36,42-43,45-48,50H,5,26,28-34H2,1-4H3,(H,52,58)(H,53,60)/t36-,42+,43+,45-,46+,47-,48+,50+/m0/s1. The van der Waals surface area contributed by atoms with Crippen LogP contribution in [0.25, 0.3) is 0 Å². The third-order valence-electron chi connectivity index (χ3n) is 12.0. The lowest BCUT2D eigenvalue weighted by Crippen LogP contribution is -2.67. The smallest absolute Gasteiger partial charge is 0.407 e. The predicted molar refractivity (Wildman–Crippen MR) is 245 cm³/mol. The van der Waals surface area contributed by atoms with Gasteiger partial charge in [-0.15, -0.1) is 5.10 Å². The Morgan fingerprint density at radius 2 is 1.24 bits per heavy atom. The molecule has 0 radical (unpaired) electrons. The zero-order valence-corrected chi connectivity index (χ0v) is 38.1. The van der Waals surface area contributed by atoms with Gasteiger partial charge in [-0.05, 0) is 34.1 Å². The van der Waals surface area contributed by atoms with Crippen molar-refractivity contribution in [3.8, 4) is 0 Å². The quantitative estimate of drug-likeness (QED) is 0.101. The van der Waals surface area contributed by atoms with Crippen molar-refractivity contribution in [3.05, 3.63) is 155 Å². The van der Waals surface area contributed by atoms with Crippen molar-refractivity contribution in [2.45, 2.75) is 110 Å². The molecular formula is C51H62N6O9. The molecule has 15 nitrogen and oxygen atoms in total. The number of rotatable bonds is 17. The van der Waals surface area contributed by atoms with E-state index in [0.29, 0.717) is 5.69 Å². The summed E-state index contributed by atoms with van der Waals surface area (Å²) in [5.74, 6) is -1.32. The molecule has 3 heterocycles. The Hall–Kier alpha value is -5.97. The summed E-state index contributed by atoms with van der Waals surface area (Å²) in [5.41, 5.74) is 4.05. The van der Waals surface area contributed by atoms with Gasteiger partial charge in [0.25, 0.3) is 0 Å². The molecule has 0 saturated carbocycles. The minimum atomic E-state index is -1.22. The first-order valence-electron chi connectivity index (χ1n) is 22.8. The molecule has 2 N–H and O–H groups in total. The van der Waals surface area contributed by atoms with Gasteiger partial charge in [-0.25, -0.2) is 9.48 Å². The highest BCUT2D eigenvalue weighted by Gasteiger charge is 2.52. The molecule has 15 heteroatoms. The number of hydrogen-bond donors (Lipinski definition) is 2. The van der Waals surface area contributed by atoms with E-state index < -0.39 is 67.2 Å². The molecule has 0 aliphatic carbocycles. The van der Waals surface area contributed by atoms with E-state index in [1.54, 1.807) is 6.20 Å². The van der Waals surface area contributed by atoms with Crippen LogP contribution in [0, 0.1) is 11.8 Å². The Balaban J connectivity index is 1.33. The number of ether oxygens (including phenoxy) is 6. The fourth-order valence-electron chi connectivity index (χ4n) is 8.14. The van der Waals surface area contributed by atoms with Crippen LogP contribution in [0.5, 0.6) is 0 Å². The lowest BCUT2D eigenvalue weighted by Gasteiger charge is -2.49. The maximum Gasteiger partial charge on any atom is 0.407 e. The number of hydrogen-bond acceptors (Lipinski definition) is 11. The van der Waals surface area contributed by atoms with Gasteiger partial charge in [0.2, 0.25) is 11.8 Å². The average Bonchev–Trinajstić information content (AvgIpc) is 3.80. The van der Waals surface area contributed by atoms with Crippen LogP contribution in [0.4, 0.5) is 4.79 Å². The predicted octanol–water partition coefficient (Wildman–Crippen LogP) is 6.77. The van der Waals surface area contributed by atoms with Gasteiger partial charge >= 0.3 is 6.09 Å². The number of cyclic esters (lactones) is 1.